The van der Waals surface area contributed by atoms with Crippen molar-refractivity contribution in [1.82, 2.24) is 4.98 Å². The molecule has 0 aliphatic heterocycles. The molecule has 1 N–H and O–H groups in total. The van der Waals surface area contributed by atoms with Gasteiger partial charge in [0.2, 0.25) is 5.91 Å². The first-order valence-electron chi connectivity index (χ1n) is 9.76. The predicted octanol–water partition coefficient (Wildman–Crippen LogP) is 5.69. The number of nitrogens with one attached hydrogen (secondary N) is 1. The molecule has 33 heavy (non-hydrogen) atoms. The van der Waals surface area contributed by atoms with Crippen LogP contribution in [0.2, 0.25) is 0 Å². The molecule has 166 valence electrons. The zero-order chi connectivity index (χ0) is 23.2. The molecule has 8 nitrogen and oxygen atoms in total. The van der Waals surface area contributed by atoms with E-state index >= 15 is 0 Å². The lowest BCUT2D eigenvalue weighted by molar-refractivity contribution is -0.384. The van der Waals surface area contributed by atoms with E-state index in [1.165, 1.54) is 35.2 Å². The Kier molecular flexibility index (Phi) is 6.96. The standard InChI is InChI=1S/C23H18N4O4S2/c1-31-19-8-5-16(6-9-19)25-22(28)14-32-23-26-20-10-7-17(12-21(20)33-23)24-13-15-3-2-4-18(11-15)27(29)30/h2-13H,14H2,1H3,(H,25,28). The molecule has 0 radical (unpaired) electrons. The number of rotatable bonds is 8. The summed E-state index contributed by atoms with van der Waals surface area (Å²) in [5.74, 6) is 0.848. The van der Waals surface area contributed by atoms with Gasteiger partial charge in [0.1, 0.15) is 5.75 Å². The predicted molar refractivity (Wildman–Crippen MR) is 132 cm³/mol. The number of thiazole rings is 1. The molecule has 0 saturated heterocycles. The summed E-state index contributed by atoms with van der Waals surface area (Å²) in [4.78, 5) is 31.7. The maximum Gasteiger partial charge on any atom is 0.270 e. The number of nitro benzene ring substituents is 1. The van der Waals surface area contributed by atoms with Crippen molar-refractivity contribution in [3.63, 3.8) is 0 Å². The van der Waals surface area contributed by atoms with Crippen LogP contribution in [0.3, 0.4) is 0 Å². The molecule has 0 aliphatic carbocycles. The summed E-state index contributed by atoms with van der Waals surface area (Å²) in [7, 11) is 1.59. The first-order chi connectivity index (χ1) is 16.0. The van der Waals surface area contributed by atoms with Crippen molar-refractivity contribution in [2.75, 3.05) is 18.2 Å². The number of anilines is 1. The van der Waals surface area contributed by atoms with Gasteiger partial charge in [0.05, 0.1) is 33.7 Å². The zero-order valence-corrected chi connectivity index (χ0v) is 19.1. The van der Waals surface area contributed by atoms with E-state index in [-0.39, 0.29) is 17.3 Å². The number of methoxy groups -OCH3 is 1. The summed E-state index contributed by atoms with van der Waals surface area (Å²) in [6, 6.07) is 19.1. The molecule has 0 bridgehead atoms. The molecule has 0 aliphatic rings. The maximum absolute atomic E-state index is 12.2. The zero-order valence-electron chi connectivity index (χ0n) is 17.4. The minimum atomic E-state index is -0.433. The number of nitro groups is 1. The van der Waals surface area contributed by atoms with Crippen molar-refractivity contribution in [3.05, 3.63) is 82.4 Å². The Balaban J connectivity index is 1.38. The van der Waals surface area contributed by atoms with E-state index in [0.717, 1.165) is 20.3 Å². The maximum atomic E-state index is 12.2. The van der Waals surface area contributed by atoms with E-state index in [1.807, 2.05) is 18.2 Å². The number of nitrogens with zero attached hydrogens (tertiary/aromatic N) is 3. The summed E-state index contributed by atoms with van der Waals surface area (Å²) in [6.07, 6.45) is 1.59. The fourth-order valence-corrected chi connectivity index (χ4v) is 4.80. The fraction of sp³-hybridized carbons (Fsp3) is 0.0870. The molecule has 4 aromatic rings. The summed E-state index contributed by atoms with van der Waals surface area (Å²) in [5.41, 5.74) is 2.91. The minimum absolute atomic E-state index is 0.0227. The van der Waals surface area contributed by atoms with E-state index in [4.69, 9.17) is 4.74 Å². The molecule has 0 atom stereocenters. The molecule has 0 saturated carbocycles. The topological polar surface area (TPSA) is 107 Å². The number of carbonyl (C=O) groups excluding carboxylic acids is 1. The molecular weight excluding hydrogens is 460 g/mol. The molecule has 1 heterocycles. The number of non-ortho nitro benzene ring substituents is 1. The van der Waals surface area contributed by atoms with Crippen LogP contribution in [0.4, 0.5) is 17.1 Å². The van der Waals surface area contributed by atoms with Crippen LogP contribution in [0.15, 0.2) is 76.1 Å². The number of benzene rings is 3. The summed E-state index contributed by atoms with van der Waals surface area (Å²) < 4.78 is 6.84. The van der Waals surface area contributed by atoms with Crippen molar-refractivity contribution in [2.45, 2.75) is 4.34 Å². The Morgan fingerprint density at radius 1 is 1.21 bits per heavy atom. The van der Waals surface area contributed by atoms with Gasteiger partial charge in [0, 0.05) is 24.0 Å². The van der Waals surface area contributed by atoms with Gasteiger partial charge >= 0.3 is 0 Å². The lowest BCUT2D eigenvalue weighted by Gasteiger charge is -2.05. The summed E-state index contributed by atoms with van der Waals surface area (Å²) in [5, 5.41) is 13.8. The van der Waals surface area contributed by atoms with Crippen molar-refractivity contribution in [1.29, 1.82) is 0 Å². The van der Waals surface area contributed by atoms with Crippen LogP contribution in [-0.4, -0.2) is 34.9 Å². The number of aliphatic imine (C=N–C) groups is 1. The van der Waals surface area contributed by atoms with E-state index in [1.54, 1.807) is 49.7 Å². The number of amides is 1. The van der Waals surface area contributed by atoms with Gasteiger partial charge in [0.15, 0.2) is 4.34 Å². The van der Waals surface area contributed by atoms with E-state index in [2.05, 4.69) is 15.3 Å². The molecule has 10 heteroatoms. The largest absolute Gasteiger partial charge is 0.497 e. The number of thioether (sulfide) groups is 1. The molecule has 4 rings (SSSR count). The van der Waals surface area contributed by atoms with Crippen LogP contribution in [0.5, 0.6) is 5.75 Å². The number of aromatic nitrogens is 1. The molecule has 3 aromatic carbocycles. The van der Waals surface area contributed by atoms with E-state index in [0.29, 0.717) is 16.9 Å². The quantitative estimate of drug-likeness (QED) is 0.151. The second kappa shape index (κ2) is 10.2. The van der Waals surface area contributed by atoms with E-state index in [9.17, 15) is 14.9 Å². The monoisotopic (exact) mass is 478 g/mol. The third-order valence-corrected chi connectivity index (χ3v) is 6.66. The van der Waals surface area contributed by atoms with Gasteiger partial charge in [0.25, 0.3) is 5.69 Å². The van der Waals surface area contributed by atoms with E-state index < -0.39 is 4.92 Å². The number of hydrogen-bond donors (Lipinski definition) is 1. The van der Waals surface area contributed by atoms with Crippen molar-refractivity contribution < 1.29 is 14.5 Å². The Morgan fingerprint density at radius 3 is 2.79 bits per heavy atom. The van der Waals surface area contributed by atoms with Gasteiger partial charge in [-0.1, -0.05) is 23.9 Å². The Bertz CT molecular complexity index is 1340. The molecule has 1 aromatic heterocycles. The molecule has 0 spiro atoms. The highest BCUT2D eigenvalue weighted by Crippen LogP contribution is 2.32. The first kappa shape index (κ1) is 22.4. The van der Waals surface area contributed by atoms with Crippen molar-refractivity contribution in [2.24, 2.45) is 4.99 Å². The van der Waals surface area contributed by atoms with Gasteiger partial charge in [-0.2, -0.15) is 0 Å². The molecule has 0 unspecified atom stereocenters. The Hall–Kier alpha value is -3.76. The van der Waals surface area contributed by atoms with Crippen molar-refractivity contribution >= 4 is 62.5 Å². The number of ether oxygens (including phenoxy) is 1. The van der Waals surface area contributed by atoms with Crippen LogP contribution in [0.1, 0.15) is 5.56 Å². The normalized spacial score (nSPS) is 11.1. The van der Waals surface area contributed by atoms with Crippen LogP contribution < -0.4 is 10.1 Å². The Labute approximate surface area is 197 Å². The summed E-state index contributed by atoms with van der Waals surface area (Å²) >= 11 is 2.85. The highest BCUT2D eigenvalue weighted by atomic mass is 32.2. The third-order valence-electron chi connectivity index (χ3n) is 4.50. The molecular formula is C23H18N4O4S2. The minimum Gasteiger partial charge on any atom is -0.497 e. The SMILES string of the molecule is COc1ccc(NC(=O)CSc2nc3ccc(N=Cc4cccc([N+](=O)[O-])c4)cc3s2)cc1. The van der Waals surface area contributed by atoms with Crippen molar-refractivity contribution in [3.8, 4) is 5.75 Å². The highest BCUT2D eigenvalue weighted by molar-refractivity contribution is 8.01. The molecule has 0 fully saturated rings. The summed E-state index contributed by atoms with van der Waals surface area (Å²) in [6.45, 7) is 0. The first-order valence-corrected chi connectivity index (χ1v) is 11.6. The van der Waals surface area contributed by atoms with Gasteiger partial charge in [-0.05, 0) is 48.0 Å². The lowest BCUT2D eigenvalue weighted by Crippen LogP contribution is -2.13. The van der Waals surface area contributed by atoms with Gasteiger partial charge in [-0.25, -0.2) is 4.98 Å². The average Bonchev–Trinajstić information content (AvgIpc) is 3.24. The van der Waals surface area contributed by atoms with Gasteiger partial charge in [-0.15, -0.1) is 11.3 Å². The lowest BCUT2D eigenvalue weighted by atomic mass is 10.2. The number of fused-ring (bicyclic) bond motifs is 1. The van der Waals surface area contributed by atoms with Crippen LogP contribution in [-0.2, 0) is 4.79 Å². The molecule has 1 amide bonds. The average molecular weight is 479 g/mol. The highest BCUT2D eigenvalue weighted by Gasteiger charge is 2.09. The number of carbonyl (C=O) groups is 1. The van der Waals surface area contributed by atoms with Crippen LogP contribution in [0, 0.1) is 10.1 Å². The second-order valence-electron chi connectivity index (χ2n) is 6.81. The van der Waals surface area contributed by atoms with Gasteiger partial charge < -0.3 is 10.1 Å². The second-order valence-corrected chi connectivity index (χ2v) is 9.06. The van der Waals surface area contributed by atoms with Crippen LogP contribution in [0.25, 0.3) is 10.2 Å². The fourth-order valence-electron chi connectivity index (χ4n) is 2.90. The smallest absolute Gasteiger partial charge is 0.270 e. The van der Waals surface area contributed by atoms with Gasteiger partial charge in [-0.3, -0.25) is 19.9 Å². The third kappa shape index (κ3) is 5.93. The number of hydrogen-bond acceptors (Lipinski definition) is 8. The Morgan fingerprint density at radius 2 is 2.03 bits per heavy atom. The van der Waals surface area contributed by atoms with Crippen LogP contribution >= 0.6 is 23.1 Å².